The highest BCUT2D eigenvalue weighted by Gasteiger charge is 2.09. The number of hydrogen-bond donors (Lipinski definition) is 2. The van der Waals surface area contributed by atoms with Gasteiger partial charge in [-0.3, -0.25) is 4.79 Å². The molecule has 0 aliphatic rings. The molecular formula is C16H21NO3. The van der Waals surface area contributed by atoms with E-state index in [1.54, 1.807) is 6.07 Å². The van der Waals surface area contributed by atoms with Gasteiger partial charge < -0.3 is 15.2 Å². The summed E-state index contributed by atoms with van der Waals surface area (Å²) in [7, 11) is 0. The van der Waals surface area contributed by atoms with E-state index in [0.29, 0.717) is 30.9 Å². The molecule has 108 valence electrons. The van der Waals surface area contributed by atoms with Crippen molar-refractivity contribution in [2.75, 3.05) is 26.4 Å². The van der Waals surface area contributed by atoms with Gasteiger partial charge in [0.1, 0.15) is 6.61 Å². The van der Waals surface area contributed by atoms with E-state index >= 15 is 0 Å². The molecule has 0 fully saturated rings. The summed E-state index contributed by atoms with van der Waals surface area (Å²) in [6, 6.07) is 5.48. The summed E-state index contributed by atoms with van der Waals surface area (Å²) in [6.45, 7) is 5.56. The molecule has 0 spiro atoms. The van der Waals surface area contributed by atoms with Crippen molar-refractivity contribution in [3.05, 3.63) is 34.9 Å². The van der Waals surface area contributed by atoms with Crippen LogP contribution in [0.2, 0.25) is 0 Å². The molecule has 0 bridgehead atoms. The van der Waals surface area contributed by atoms with Crippen molar-refractivity contribution in [1.29, 1.82) is 0 Å². The predicted molar refractivity (Wildman–Crippen MR) is 78.6 cm³/mol. The molecule has 4 nitrogen and oxygen atoms in total. The first-order chi connectivity index (χ1) is 9.69. The second-order valence-corrected chi connectivity index (χ2v) is 4.32. The SMILES string of the molecule is CCOCCCNC(=O)c1ccc(C)cc1C#CCO. The third-order valence-electron chi connectivity index (χ3n) is 2.68. The molecule has 1 amide bonds. The summed E-state index contributed by atoms with van der Waals surface area (Å²) in [5.41, 5.74) is 2.20. The number of aliphatic hydroxyl groups is 1. The van der Waals surface area contributed by atoms with Gasteiger partial charge in [0, 0.05) is 25.3 Å². The number of aryl methyl sites for hydroxylation is 1. The van der Waals surface area contributed by atoms with Crippen LogP contribution in [0, 0.1) is 18.8 Å². The van der Waals surface area contributed by atoms with Gasteiger partial charge in [0.2, 0.25) is 0 Å². The summed E-state index contributed by atoms with van der Waals surface area (Å²) in [4.78, 5) is 12.1. The van der Waals surface area contributed by atoms with Gasteiger partial charge in [-0.2, -0.15) is 0 Å². The van der Waals surface area contributed by atoms with E-state index in [-0.39, 0.29) is 12.5 Å². The molecule has 0 aliphatic heterocycles. The maximum atomic E-state index is 12.1. The topological polar surface area (TPSA) is 58.6 Å². The van der Waals surface area contributed by atoms with Crippen LogP contribution >= 0.6 is 0 Å². The molecule has 2 N–H and O–H groups in total. The summed E-state index contributed by atoms with van der Waals surface area (Å²) >= 11 is 0. The monoisotopic (exact) mass is 275 g/mol. The van der Waals surface area contributed by atoms with Crippen molar-refractivity contribution < 1.29 is 14.6 Å². The lowest BCUT2D eigenvalue weighted by Crippen LogP contribution is -2.26. The van der Waals surface area contributed by atoms with Crippen LogP contribution in [0.3, 0.4) is 0 Å². The largest absolute Gasteiger partial charge is 0.384 e. The van der Waals surface area contributed by atoms with Gasteiger partial charge in [-0.15, -0.1) is 0 Å². The molecule has 0 heterocycles. The molecule has 1 aromatic carbocycles. The zero-order chi connectivity index (χ0) is 14.8. The second-order valence-electron chi connectivity index (χ2n) is 4.32. The van der Waals surface area contributed by atoms with E-state index < -0.39 is 0 Å². The van der Waals surface area contributed by atoms with E-state index in [1.807, 2.05) is 26.0 Å². The fourth-order valence-electron chi connectivity index (χ4n) is 1.71. The van der Waals surface area contributed by atoms with Crippen molar-refractivity contribution in [3.63, 3.8) is 0 Å². The Morgan fingerprint density at radius 1 is 1.45 bits per heavy atom. The van der Waals surface area contributed by atoms with Crippen LogP contribution in [-0.2, 0) is 4.74 Å². The smallest absolute Gasteiger partial charge is 0.252 e. The molecule has 1 aromatic rings. The van der Waals surface area contributed by atoms with Crippen molar-refractivity contribution in [3.8, 4) is 11.8 Å². The van der Waals surface area contributed by atoms with Crippen LogP contribution < -0.4 is 5.32 Å². The predicted octanol–water partition coefficient (Wildman–Crippen LogP) is 1.50. The highest BCUT2D eigenvalue weighted by Crippen LogP contribution is 2.10. The molecule has 0 aliphatic carbocycles. The number of aliphatic hydroxyl groups excluding tert-OH is 1. The Balaban J connectivity index is 2.67. The molecule has 0 aromatic heterocycles. The second kappa shape index (κ2) is 9.13. The number of nitrogens with one attached hydrogen (secondary N) is 1. The van der Waals surface area contributed by atoms with Gasteiger partial charge in [0.05, 0.1) is 5.56 Å². The molecular weight excluding hydrogens is 254 g/mol. The normalized spacial score (nSPS) is 9.75. The van der Waals surface area contributed by atoms with Crippen LogP contribution in [0.5, 0.6) is 0 Å². The van der Waals surface area contributed by atoms with Gasteiger partial charge in [0.25, 0.3) is 5.91 Å². The average molecular weight is 275 g/mol. The number of amides is 1. The van der Waals surface area contributed by atoms with Crippen molar-refractivity contribution in [2.45, 2.75) is 20.3 Å². The molecule has 4 heteroatoms. The number of rotatable bonds is 6. The summed E-state index contributed by atoms with van der Waals surface area (Å²) < 4.78 is 5.21. The summed E-state index contributed by atoms with van der Waals surface area (Å²) in [5, 5.41) is 11.6. The summed E-state index contributed by atoms with van der Waals surface area (Å²) in [5.74, 6) is 5.24. The number of ether oxygens (including phenoxy) is 1. The van der Waals surface area contributed by atoms with Crippen molar-refractivity contribution in [1.82, 2.24) is 5.32 Å². The number of carbonyl (C=O) groups is 1. The Hall–Kier alpha value is -1.83. The third kappa shape index (κ3) is 5.43. The quantitative estimate of drug-likeness (QED) is 0.611. The fourth-order valence-corrected chi connectivity index (χ4v) is 1.71. The first-order valence-corrected chi connectivity index (χ1v) is 6.75. The van der Waals surface area contributed by atoms with Gasteiger partial charge in [-0.1, -0.05) is 17.9 Å². The zero-order valence-electron chi connectivity index (χ0n) is 12.0. The molecule has 0 saturated heterocycles. The summed E-state index contributed by atoms with van der Waals surface area (Å²) in [6.07, 6.45) is 0.781. The minimum Gasteiger partial charge on any atom is -0.384 e. The first-order valence-electron chi connectivity index (χ1n) is 6.75. The number of hydrogen-bond acceptors (Lipinski definition) is 3. The highest BCUT2D eigenvalue weighted by atomic mass is 16.5. The molecule has 0 unspecified atom stereocenters. The van der Waals surface area contributed by atoms with Gasteiger partial charge in [0.15, 0.2) is 0 Å². The lowest BCUT2D eigenvalue weighted by atomic mass is 10.0. The fraction of sp³-hybridized carbons (Fsp3) is 0.438. The Bertz CT molecular complexity index is 500. The number of benzene rings is 1. The standard InChI is InChI=1S/C16H21NO3/c1-3-20-11-5-9-17-16(19)15-8-7-13(2)12-14(15)6-4-10-18/h7-8,12,18H,3,5,9-11H2,1-2H3,(H,17,19). The van der Waals surface area contributed by atoms with Crippen molar-refractivity contribution in [2.24, 2.45) is 0 Å². The van der Waals surface area contributed by atoms with Crippen LogP contribution in [0.15, 0.2) is 18.2 Å². The van der Waals surface area contributed by atoms with Gasteiger partial charge >= 0.3 is 0 Å². The molecule has 0 atom stereocenters. The van der Waals surface area contributed by atoms with Gasteiger partial charge in [-0.05, 0) is 38.0 Å². The maximum Gasteiger partial charge on any atom is 0.252 e. The van der Waals surface area contributed by atoms with Crippen LogP contribution in [-0.4, -0.2) is 37.4 Å². The molecule has 0 radical (unpaired) electrons. The van der Waals surface area contributed by atoms with E-state index in [4.69, 9.17) is 9.84 Å². The van der Waals surface area contributed by atoms with Crippen LogP contribution in [0.1, 0.15) is 34.8 Å². The highest BCUT2D eigenvalue weighted by molar-refractivity contribution is 5.96. The maximum absolute atomic E-state index is 12.1. The Morgan fingerprint density at radius 2 is 2.25 bits per heavy atom. The molecule has 1 rings (SSSR count). The van der Waals surface area contributed by atoms with E-state index in [0.717, 1.165) is 12.0 Å². The lowest BCUT2D eigenvalue weighted by molar-refractivity contribution is 0.0944. The Labute approximate surface area is 120 Å². The Kier molecular flexibility index (Phi) is 7.41. The van der Waals surface area contributed by atoms with Crippen molar-refractivity contribution >= 4 is 5.91 Å². The minimum atomic E-state index is -0.219. The lowest BCUT2D eigenvalue weighted by Gasteiger charge is -2.08. The Morgan fingerprint density at radius 3 is 2.95 bits per heavy atom. The molecule has 20 heavy (non-hydrogen) atoms. The number of carbonyl (C=O) groups excluding carboxylic acids is 1. The average Bonchev–Trinajstić information content (AvgIpc) is 2.44. The van der Waals surface area contributed by atoms with E-state index in [1.165, 1.54) is 0 Å². The van der Waals surface area contributed by atoms with Crippen LogP contribution in [0.25, 0.3) is 0 Å². The zero-order valence-corrected chi connectivity index (χ0v) is 12.0. The van der Waals surface area contributed by atoms with Gasteiger partial charge in [-0.25, -0.2) is 0 Å². The van der Waals surface area contributed by atoms with Crippen LogP contribution in [0.4, 0.5) is 0 Å². The van der Waals surface area contributed by atoms with E-state index in [9.17, 15) is 4.79 Å². The minimum absolute atomic E-state index is 0.149. The van der Waals surface area contributed by atoms with E-state index in [2.05, 4.69) is 17.2 Å². The third-order valence-corrected chi connectivity index (χ3v) is 2.68. The first kappa shape index (κ1) is 16.2. The molecule has 0 saturated carbocycles.